The minimum absolute atomic E-state index is 0.143. The highest BCUT2D eigenvalue weighted by molar-refractivity contribution is 5.91. The molecule has 3 atom stereocenters. The van der Waals surface area contributed by atoms with Crippen LogP contribution in [0.4, 0.5) is 5.69 Å². The van der Waals surface area contributed by atoms with E-state index in [0.717, 1.165) is 28.8 Å². The predicted octanol–water partition coefficient (Wildman–Crippen LogP) is 4.11. The molecule has 2 aliphatic carbocycles. The highest BCUT2D eigenvalue weighted by atomic mass is 16.3. The predicted molar refractivity (Wildman–Crippen MR) is 84.1 cm³/mol. The maximum Gasteiger partial charge on any atom is 0.224 e. The Balaban J connectivity index is 1.35. The van der Waals surface area contributed by atoms with Crippen molar-refractivity contribution in [2.45, 2.75) is 32.1 Å². The SMILES string of the molecule is O=C(CC1CC2CCC1C2)Nc1ccc(-c2cnco2)cc1. The summed E-state index contributed by atoms with van der Waals surface area (Å²) in [6.07, 6.45) is 9.08. The van der Waals surface area contributed by atoms with Crippen molar-refractivity contribution in [1.29, 1.82) is 0 Å². The standard InChI is InChI=1S/C18H20N2O2/c21-18(9-15-8-12-1-2-14(15)7-12)20-16-5-3-13(4-6-16)17-10-19-11-22-17/h3-6,10-12,14-15H,1-2,7-9H2,(H,20,21). The number of hydrogen-bond donors (Lipinski definition) is 1. The summed E-state index contributed by atoms with van der Waals surface area (Å²) in [4.78, 5) is 16.1. The van der Waals surface area contributed by atoms with E-state index in [4.69, 9.17) is 4.42 Å². The van der Waals surface area contributed by atoms with E-state index in [0.29, 0.717) is 12.3 Å². The summed E-state index contributed by atoms with van der Waals surface area (Å²) in [7, 11) is 0. The van der Waals surface area contributed by atoms with Gasteiger partial charge in [-0.3, -0.25) is 4.79 Å². The number of nitrogens with zero attached hydrogens (tertiary/aromatic N) is 1. The smallest absolute Gasteiger partial charge is 0.224 e. The van der Waals surface area contributed by atoms with Crippen LogP contribution >= 0.6 is 0 Å². The van der Waals surface area contributed by atoms with Crippen molar-refractivity contribution in [3.8, 4) is 11.3 Å². The minimum Gasteiger partial charge on any atom is -0.444 e. The van der Waals surface area contributed by atoms with Gasteiger partial charge in [0, 0.05) is 17.7 Å². The van der Waals surface area contributed by atoms with Crippen LogP contribution in [0.2, 0.25) is 0 Å². The molecule has 1 aromatic carbocycles. The zero-order valence-electron chi connectivity index (χ0n) is 12.5. The fraction of sp³-hybridized carbons (Fsp3) is 0.444. The number of aromatic nitrogens is 1. The van der Waals surface area contributed by atoms with E-state index in [2.05, 4.69) is 10.3 Å². The molecule has 0 saturated heterocycles. The van der Waals surface area contributed by atoms with Gasteiger partial charge < -0.3 is 9.73 Å². The maximum absolute atomic E-state index is 12.2. The van der Waals surface area contributed by atoms with Crippen LogP contribution in [0.15, 0.2) is 41.3 Å². The van der Waals surface area contributed by atoms with Crippen molar-refractivity contribution >= 4 is 11.6 Å². The Morgan fingerprint density at radius 3 is 2.73 bits per heavy atom. The minimum atomic E-state index is 0.143. The van der Waals surface area contributed by atoms with Crippen molar-refractivity contribution in [1.82, 2.24) is 4.98 Å². The van der Waals surface area contributed by atoms with E-state index < -0.39 is 0 Å². The number of amides is 1. The highest BCUT2D eigenvalue weighted by Crippen LogP contribution is 2.49. The summed E-state index contributed by atoms with van der Waals surface area (Å²) < 4.78 is 5.26. The topological polar surface area (TPSA) is 55.1 Å². The first kappa shape index (κ1) is 13.6. The third-order valence-corrected chi connectivity index (χ3v) is 5.22. The van der Waals surface area contributed by atoms with Crippen molar-refractivity contribution in [3.05, 3.63) is 36.9 Å². The third-order valence-electron chi connectivity index (χ3n) is 5.22. The van der Waals surface area contributed by atoms with E-state index in [1.165, 1.54) is 32.1 Å². The molecule has 2 aromatic rings. The number of nitrogens with one attached hydrogen (secondary N) is 1. The Bertz CT molecular complexity index is 648. The molecule has 2 aliphatic rings. The van der Waals surface area contributed by atoms with Gasteiger partial charge in [0.2, 0.25) is 5.91 Å². The molecule has 4 rings (SSSR count). The van der Waals surface area contributed by atoms with Gasteiger partial charge in [0.15, 0.2) is 12.2 Å². The number of fused-ring (bicyclic) bond motifs is 2. The van der Waals surface area contributed by atoms with Crippen LogP contribution in [0.1, 0.15) is 32.1 Å². The van der Waals surface area contributed by atoms with Gasteiger partial charge in [-0.25, -0.2) is 4.98 Å². The summed E-state index contributed by atoms with van der Waals surface area (Å²) in [6, 6.07) is 7.70. The highest BCUT2D eigenvalue weighted by Gasteiger charge is 2.40. The summed E-state index contributed by atoms with van der Waals surface area (Å²) in [6.45, 7) is 0. The quantitative estimate of drug-likeness (QED) is 0.924. The fourth-order valence-electron chi connectivity index (χ4n) is 4.15. The number of carbonyl (C=O) groups is 1. The molecule has 0 spiro atoms. The molecule has 4 nitrogen and oxygen atoms in total. The van der Waals surface area contributed by atoms with Crippen LogP contribution < -0.4 is 5.32 Å². The molecule has 0 aliphatic heterocycles. The van der Waals surface area contributed by atoms with Gasteiger partial charge in [-0.15, -0.1) is 0 Å². The fourth-order valence-corrected chi connectivity index (χ4v) is 4.15. The normalized spacial score (nSPS) is 26.3. The zero-order chi connectivity index (χ0) is 14.9. The second-order valence-electron chi connectivity index (χ2n) is 6.63. The summed E-state index contributed by atoms with van der Waals surface area (Å²) in [5.74, 6) is 3.17. The van der Waals surface area contributed by atoms with E-state index >= 15 is 0 Å². The van der Waals surface area contributed by atoms with Crippen LogP contribution in [0.3, 0.4) is 0 Å². The molecule has 22 heavy (non-hydrogen) atoms. The average Bonchev–Trinajstić information content (AvgIpc) is 3.25. The van der Waals surface area contributed by atoms with Gasteiger partial charge in [-0.1, -0.05) is 6.42 Å². The molecule has 1 heterocycles. The lowest BCUT2D eigenvalue weighted by Crippen LogP contribution is -2.20. The molecule has 1 N–H and O–H groups in total. The van der Waals surface area contributed by atoms with Gasteiger partial charge in [-0.05, 0) is 61.3 Å². The summed E-state index contributed by atoms with van der Waals surface area (Å²) in [5, 5.41) is 3.02. The van der Waals surface area contributed by atoms with Gasteiger partial charge in [0.1, 0.15) is 0 Å². The molecule has 3 unspecified atom stereocenters. The van der Waals surface area contributed by atoms with E-state index in [1.54, 1.807) is 6.20 Å². The molecule has 4 heteroatoms. The Labute approximate surface area is 129 Å². The van der Waals surface area contributed by atoms with Gasteiger partial charge in [-0.2, -0.15) is 0 Å². The van der Waals surface area contributed by atoms with Gasteiger partial charge >= 0.3 is 0 Å². The van der Waals surface area contributed by atoms with Crippen molar-refractivity contribution in [2.75, 3.05) is 5.32 Å². The molecule has 2 saturated carbocycles. The molecule has 114 valence electrons. The number of oxazole rings is 1. The van der Waals surface area contributed by atoms with Crippen LogP contribution in [0.5, 0.6) is 0 Å². The second-order valence-corrected chi connectivity index (χ2v) is 6.63. The first-order valence-corrected chi connectivity index (χ1v) is 8.07. The Hall–Kier alpha value is -2.10. The largest absolute Gasteiger partial charge is 0.444 e. The molecule has 1 amide bonds. The lowest BCUT2D eigenvalue weighted by atomic mass is 9.86. The number of benzene rings is 1. The van der Waals surface area contributed by atoms with E-state index in [-0.39, 0.29) is 5.91 Å². The first-order chi connectivity index (χ1) is 10.8. The van der Waals surface area contributed by atoms with Crippen molar-refractivity contribution < 1.29 is 9.21 Å². The molecule has 2 bridgehead atoms. The van der Waals surface area contributed by atoms with Gasteiger partial charge in [0.05, 0.1) is 6.20 Å². The van der Waals surface area contributed by atoms with Gasteiger partial charge in [0.25, 0.3) is 0 Å². The lowest BCUT2D eigenvalue weighted by Gasteiger charge is -2.20. The van der Waals surface area contributed by atoms with Crippen LogP contribution in [-0.2, 0) is 4.79 Å². The van der Waals surface area contributed by atoms with Crippen LogP contribution in [0, 0.1) is 17.8 Å². The summed E-state index contributed by atoms with van der Waals surface area (Å²) >= 11 is 0. The number of anilines is 1. The molecular formula is C18H20N2O2. The maximum atomic E-state index is 12.2. The van der Waals surface area contributed by atoms with Crippen LogP contribution in [-0.4, -0.2) is 10.9 Å². The molecule has 1 aromatic heterocycles. The second kappa shape index (κ2) is 5.59. The summed E-state index contributed by atoms with van der Waals surface area (Å²) in [5.41, 5.74) is 1.81. The Kier molecular flexibility index (Phi) is 3.45. The number of carbonyl (C=O) groups excluding carboxylic acids is 1. The zero-order valence-corrected chi connectivity index (χ0v) is 12.5. The van der Waals surface area contributed by atoms with E-state index in [9.17, 15) is 4.79 Å². The monoisotopic (exact) mass is 296 g/mol. The Morgan fingerprint density at radius 1 is 1.23 bits per heavy atom. The third kappa shape index (κ3) is 2.65. The molecule has 2 fully saturated rings. The lowest BCUT2D eigenvalue weighted by molar-refractivity contribution is -0.117. The van der Waals surface area contributed by atoms with Crippen molar-refractivity contribution in [3.63, 3.8) is 0 Å². The molecule has 0 radical (unpaired) electrons. The molecular weight excluding hydrogens is 276 g/mol. The van der Waals surface area contributed by atoms with Crippen LogP contribution in [0.25, 0.3) is 11.3 Å². The number of rotatable bonds is 4. The average molecular weight is 296 g/mol. The van der Waals surface area contributed by atoms with E-state index in [1.807, 2.05) is 24.3 Å². The Morgan fingerprint density at radius 2 is 2.09 bits per heavy atom. The first-order valence-electron chi connectivity index (χ1n) is 8.07. The number of hydrogen-bond acceptors (Lipinski definition) is 3. The van der Waals surface area contributed by atoms with Crippen molar-refractivity contribution in [2.24, 2.45) is 17.8 Å².